The van der Waals surface area contributed by atoms with E-state index in [0.717, 1.165) is 36.5 Å². The van der Waals surface area contributed by atoms with Crippen LogP contribution in [0.1, 0.15) is 40.4 Å². The van der Waals surface area contributed by atoms with E-state index in [9.17, 15) is 4.79 Å². The van der Waals surface area contributed by atoms with Gasteiger partial charge < -0.3 is 9.32 Å². The Hall–Kier alpha value is -2.95. The van der Waals surface area contributed by atoms with E-state index in [1.807, 2.05) is 29.3 Å². The molecule has 1 atom stereocenters. The van der Waals surface area contributed by atoms with Crippen LogP contribution in [-0.4, -0.2) is 33.9 Å². The molecule has 5 heteroatoms. The van der Waals surface area contributed by atoms with Crippen molar-refractivity contribution in [3.63, 3.8) is 0 Å². The Morgan fingerprint density at radius 3 is 2.81 bits per heavy atom. The molecule has 1 fully saturated rings. The van der Waals surface area contributed by atoms with Crippen molar-refractivity contribution >= 4 is 5.91 Å². The zero-order valence-corrected chi connectivity index (χ0v) is 14.8. The van der Waals surface area contributed by atoms with Crippen LogP contribution >= 0.6 is 0 Å². The molecule has 3 heterocycles. The molecule has 0 aliphatic carbocycles. The van der Waals surface area contributed by atoms with Crippen LogP contribution in [0.5, 0.6) is 0 Å². The molecule has 1 aromatic carbocycles. The molecule has 0 spiro atoms. The Morgan fingerprint density at radius 1 is 1.19 bits per heavy atom. The third kappa shape index (κ3) is 3.38. The van der Waals surface area contributed by atoms with E-state index in [0.29, 0.717) is 12.1 Å². The maximum Gasteiger partial charge on any atom is 0.257 e. The monoisotopic (exact) mass is 347 g/mol. The molecule has 5 nitrogen and oxygen atoms in total. The summed E-state index contributed by atoms with van der Waals surface area (Å²) >= 11 is 0. The number of carbonyl (C=O) groups excluding carboxylic acids is 1. The molecule has 1 unspecified atom stereocenters. The third-order valence-electron chi connectivity index (χ3n) is 4.88. The highest BCUT2D eigenvalue weighted by Gasteiger charge is 2.27. The topological polar surface area (TPSA) is 59.2 Å². The zero-order chi connectivity index (χ0) is 17.9. The summed E-state index contributed by atoms with van der Waals surface area (Å²) in [6.07, 6.45) is 6.85. The predicted octanol–water partition coefficient (Wildman–Crippen LogP) is 4.06. The van der Waals surface area contributed by atoms with Crippen molar-refractivity contribution in [3.8, 4) is 11.4 Å². The van der Waals surface area contributed by atoms with Gasteiger partial charge in [-0.1, -0.05) is 29.8 Å². The van der Waals surface area contributed by atoms with Crippen LogP contribution in [0.4, 0.5) is 0 Å². The fraction of sp³-hybridized carbons (Fsp3) is 0.286. The summed E-state index contributed by atoms with van der Waals surface area (Å²) in [5, 5.41) is 0. The molecule has 0 radical (unpaired) electrons. The van der Waals surface area contributed by atoms with Gasteiger partial charge in [-0.3, -0.25) is 4.79 Å². The summed E-state index contributed by atoms with van der Waals surface area (Å²) in [7, 11) is 0. The number of rotatable bonds is 3. The van der Waals surface area contributed by atoms with Crippen LogP contribution < -0.4 is 0 Å². The smallest absolute Gasteiger partial charge is 0.257 e. The molecule has 1 amide bonds. The summed E-state index contributed by atoms with van der Waals surface area (Å²) in [4.78, 5) is 23.7. The largest absolute Gasteiger partial charge is 0.472 e. The summed E-state index contributed by atoms with van der Waals surface area (Å²) in [6, 6.07) is 11.9. The second kappa shape index (κ2) is 7.12. The summed E-state index contributed by atoms with van der Waals surface area (Å²) < 4.78 is 5.04. The quantitative estimate of drug-likeness (QED) is 0.717. The third-order valence-corrected chi connectivity index (χ3v) is 4.88. The molecular weight excluding hydrogens is 326 g/mol. The standard InChI is InChI=1S/C21H21N3O2/c1-15-4-6-16(7-5-15)20-22-10-8-19(23-20)17-3-2-11-24(13-17)21(25)18-9-12-26-14-18/h4-10,12,14,17H,2-3,11,13H2,1H3. The van der Waals surface area contributed by atoms with Gasteiger partial charge in [-0.2, -0.15) is 0 Å². The fourth-order valence-corrected chi connectivity index (χ4v) is 3.41. The van der Waals surface area contributed by atoms with Gasteiger partial charge in [0, 0.05) is 36.5 Å². The van der Waals surface area contributed by atoms with Crippen LogP contribution in [-0.2, 0) is 0 Å². The van der Waals surface area contributed by atoms with Gasteiger partial charge in [0.1, 0.15) is 6.26 Å². The van der Waals surface area contributed by atoms with Crippen molar-refractivity contribution in [2.75, 3.05) is 13.1 Å². The Morgan fingerprint density at radius 2 is 2.04 bits per heavy atom. The van der Waals surface area contributed by atoms with Crippen LogP contribution in [0.25, 0.3) is 11.4 Å². The Kier molecular flexibility index (Phi) is 4.52. The number of aryl methyl sites for hydroxylation is 1. The number of likely N-dealkylation sites (tertiary alicyclic amines) is 1. The van der Waals surface area contributed by atoms with Crippen molar-refractivity contribution in [1.82, 2.24) is 14.9 Å². The Bertz CT molecular complexity index is 888. The van der Waals surface area contributed by atoms with E-state index in [4.69, 9.17) is 9.40 Å². The zero-order valence-electron chi connectivity index (χ0n) is 14.8. The number of benzene rings is 1. The second-order valence-corrected chi connectivity index (χ2v) is 6.77. The lowest BCUT2D eigenvalue weighted by atomic mass is 9.94. The first kappa shape index (κ1) is 16.5. The van der Waals surface area contributed by atoms with Gasteiger partial charge >= 0.3 is 0 Å². The SMILES string of the molecule is Cc1ccc(-c2nccc(C3CCCN(C(=O)c4ccoc4)C3)n2)cc1. The molecule has 0 bridgehead atoms. The molecule has 3 aromatic rings. The van der Waals surface area contributed by atoms with Crippen molar-refractivity contribution in [3.05, 3.63) is 71.9 Å². The average Bonchev–Trinajstić information content (AvgIpc) is 3.23. The molecule has 4 rings (SSSR count). The molecule has 2 aromatic heterocycles. The second-order valence-electron chi connectivity index (χ2n) is 6.77. The van der Waals surface area contributed by atoms with Crippen LogP contribution in [0.15, 0.2) is 59.5 Å². The number of hydrogen-bond donors (Lipinski definition) is 0. The number of piperidine rings is 1. The van der Waals surface area contributed by atoms with Crippen molar-refractivity contribution < 1.29 is 9.21 Å². The number of hydrogen-bond acceptors (Lipinski definition) is 4. The number of carbonyl (C=O) groups is 1. The minimum absolute atomic E-state index is 0.0243. The first-order chi connectivity index (χ1) is 12.7. The predicted molar refractivity (Wildman–Crippen MR) is 98.8 cm³/mol. The molecule has 1 saturated heterocycles. The molecule has 0 N–H and O–H groups in total. The van der Waals surface area contributed by atoms with Crippen molar-refractivity contribution in [2.45, 2.75) is 25.7 Å². The van der Waals surface area contributed by atoms with E-state index in [-0.39, 0.29) is 11.8 Å². The number of furan rings is 1. The highest BCUT2D eigenvalue weighted by molar-refractivity contribution is 5.93. The van der Waals surface area contributed by atoms with E-state index >= 15 is 0 Å². The highest BCUT2D eigenvalue weighted by Crippen LogP contribution is 2.28. The minimum atomic E-state index is 0.0243. The van der Waals surface area contributed by atoms with Crippen LogP contribution in [0.3, 0.4) is 0 Å². The van der Waals surface area contributed by atoms with Crippen LogP contribution in [0.2, 0.25) is 0 Å². The first-order valence-electron chi connectivity index (χ1n) is 8.92. The average molecular weight is 347 g/mol. The van der Waals surface area contributed by atoms with Crippen LogP contribution in [0, 0.1) is 6.92 Å². The summed E-state index contributed by atoms with van der Waals surface area (Å²) in [5.74, 6) is 0.990. The van der Waals surface area contributed by atoms with E-state index in [1.54, 1.807) is 6.07 Å². The lowest BCUT2D eigenvalue weighted by Gasteiger charge is -2.32. The van der Waals surface area contributed by atoms with E-state index < -0.39 is 0 Å². The Balaban J connectivity index is 1.54. The summed E-state index contributed by atoms with van der Waals surface area (Å²) in [5.41, 5.74) is 3.83. The van der Waals surface area contributed by atoms with Gasteiger partial charge in [0.05, 0.1) is 11.8 Å². The lowest BCUT2D eigenvalue weighted by molar-refractivity contribution is 0.0705. The molecule has 1 aliphatic heterocycles. The van der Waals surface area contributed by atoms with Crippen molar-refractivity contribution in [1.29, 1.82) is 0 Å². The fourth-order valence-electron chi connectivity index (χ4n) is 3.41. The minimum Gasteiger partial charge on any atom is -0.472 e. The van der Waals surface area contributed by atoms with Gasteiger partial charge in [-0.25, -0.2) is 9.97 Å². The number of aromatic nitrogens is 2. The van der Waals surface area contributed by atoms with Crippen molar-refractivity contribution in [2.24, 2.45) is 0 Å². The van der Waals surface area contributed by atoms with Gasteiger partial charge in [0.15, 0.2) is 5.82 Å². The molecule has 132 valence electrons. The van der Waals surface area contributed by atoms with Gasteiger partial charge in [0.25, 0.3) is 5.91 Å². The van der Waals surface area contributed by atoms with Gasteiger partial charge in [-0.05, 0) is 31.9 Å². The molecular formula is C21H21N3O2. The maximum atomic E-state index is 12.6. The number of amides is 1. The molecule has 1 aliphatic rings. The van der Waals surface area contributed by atoms with E-state index in [1.165, 1.54) is 18.1 Å². The maximum absolute atomic E-state index is 12.6. The summed E-state index contributed by atoms with van der Waals surface area (Å²) in [6.45, 7) is 3.51. The number of nitrogens with zero attached hydrogens (tertiary/aromatic N) is 3. The normalized spacial score (nSPS) is 17.3. The lowest BCUT2D eigenvalue weighted by Crippen LogP contribution is -2.39. The first-order valence-corrected chi connectivity index (χ1v) is 8.92. The molecule has 26 heavy (non-hydrogen) atoms. The van der Waals surface area contributed by atoms with Gasteiger partial charge in [0.2, 0.25) is 0 Å². The van der Waals surface area contributed by atoms with Gasteiger partial charge in [-0.15, -0.1) is 0 Å². The highest BCUT2D eigenvalue weighted by atomic mass is 16.3. The molecule has 0 saturated carbocycles. The Labute approximate surface area is 152 Å². The van der Waals surface area contributed by atoms with E-state index in [2.05, 4.69) is 24.0 Å².